The van der Waals surface area contributed by atoms with E-state index in [9.17, 15) is 0 Å². The summed E-state index contributed by atoms with van der Waals surface area (Å²) < 4.78 is 11.1. The molecule has 2 N–H and O–H groups in total. The maximum absolute atomic E-state index is 5.68. The topological polar surface area (TPSA) is 45.8 Å². The number of ether oxygens (including phenoxy) is 2. The van der Waals surface area contributed by atoms with E-state index in [0.717, 1.165) is 70.3 Å². The van der Waals surface area contributed by atoms with Crippen molar-refractivity contribution in [1.29, 1.82) is 0 Å². The molecule has 5 heteroatoms. The summed E-state index contributed by atoms with van der Waals surface area (Å²) in [6.07, 6.45) is 0.998. The van der Waals surface area contributed by atoms with Gasteiger partial charge in [0, 0.05) is 45.8 Å². The fourth-order valence-electron chi connectivity index (χ4n) is 2.56. The highest BCUT2D eigenvalue weighted by molar-refractivity contribution is 5.42. The Kier molecular flexibility index (Phi) is 7.49. The fourth-order valence-corrected chi connectivity index (χ4v) is 2.56. The summed E-state index contributed by atoms with van der Waals surface area (Å²) in [5, 5.41) is 6.88. The normalized spacial score (nSPS) is 15.7. The van der Waals surface area contributed by atoms with Crippen molar-refractivity contribution in [2.75, 3.05) is 53.0 Å². The molecule has 0 unspecified atom stereocenters. The molecule has 1 fully saturated rings. The van der Waals surface area contributed by atoms with Gasteiger partial charge in [0.15, 0.2) is 11.5 Å². The van der Waals surface area contributed by atoms with Gasteiger partial charge in [0.1, 0.15) is 0 Å². The standard InChI is InChI=1S/C17H29N3O2/c1-3-12-22-16-5-4-15(13-17(16)21-2)14-19-8-11-20-9-6-18-7-10-20/h4-5,13,18-19H,3,6-12,14H2,1-2H3. The van der Waals surface area contributed by atoms with Gasteiger partial charge < -0.3 is 20.1 Å². The SMILES string of the molecule is CCCOc1ccc(CNCCN2CCNCC2)cc1OC. The Labute approximate surface area is 134 Å². The van der Waals surface area contributed by atoms with Crippen LogP contribution in [-0.4, -0.2) is 57.9 Å². The predicted octanol–water partition coefficient (Wildman–Crippen LogP) is 1.48. The highest BCUT2D eigenvalue weighted by atomic mass is 16.5. The number of piperazine rings is 1. The van der Waals surface area contributed by atoms with Crippen molar-refractivity contribution in [3.63, 3.8) is 0 Å². The lowest BCUT2D eigenvalue weighted by atomic mass is 10.2. The molecule has 0 amide bonds. The Morgan fingerprint density at radius 2 is 2.05 bits per heavy atom. The van der Waals surface area contributed by atoms with E-state index in [2.05, 4.69) is 34.6 Å². The number of hydrogen-bond donors (Lipinski definition) is 2. The molecule has 0 spiro atoms. The minimum Gasteiger partial charge on any atom is -0.493 e. The first-order valence-corrected chi connectivity index (χ1v) is 8.27. The Balaban J connectivity index is 1.74. The van der Waals surface area contributed by atoms with Crippen molar-refractivity contribution in [1.82, 2.24) is 15.5 Å². The average Bonchev–Trinajstić information content (AvgIpc) is 2.58. The summed E-state index contributed by atoms with van der Waals surface area (Å²) in [5.74, 6) is 1.64. The maximum Gasteiger partial charge on any atom is 0.161 e. The van der Waals surface area contributed by atoms with Crippen molar-refractivity contribution in [3.05, 3.63) is 23.8 Å². The largest absolute Gasteiger partial charge is 0.493 e. The van der Waals surface area contributed by atoms with Gasteiger partial charge in [-0.3, -0.25) is 4.90 Å². The van der Waals surface area contributed by atoms with Gasteiger partial charge in [0.25, 0.3) is 0 Å². The number of nitrogens with zero attached hydrogens (tertiary/aromatic N) is 1. The number of hydrogen-bond acceptors (Lipinski definition) is 5. The van der Waals surface area contributed by atoms with Crippen LogP contribution in [0.4, 0.5) is 0 Å². The van der Waals surface area contributed by atoms with Crippen LogP contribution in [-0.2, 0) is 6.54 Å². The summed E-state index contributed by atoms with van der Waals surface area (Å²) in [5.41, 5.74) is 1.22. The molecular formula is C17H29N3O2. The van der Waals surface area contributed by atoms with Crippen LogP contribution >= 0.6 is 0 Å². The maximum atomic E-state index is 5.68. The summed E-state index contributed by atoms with van der Waals surface area (Å²) in [6, 6.07) is 6.16. The van der Waals surface area contributed by atoms with Crippen molar-refractivity contribution in [3.8, 4) is 11.5 Å². The molecule has 1 aliphatic heterocycles. The molecule has 1 aliphatic rings. The first-order chi connectivity index (χ1) is 10.8. The number of benzene rings is 1. The molecular weight excluding hydrogens is 278 g/mol. The third-order valence-electron chi connectivity index (χ3n) is 3.83. The zero-order valence-corrected chi connectivity index (χ0v) is 13.9. The van der Waals surface area contributed by atoms with Gasteiger partial charge in [-0.25, -0.2) is 0 Å². The zero-order chi connectivity index (χ0) is 15.6. The second kappa shape index (κ2) is 9.66. The Morgan fingerprint density at radius 1 is 1.23 bits per heavy atom. The third-order valence-corrected chi connectivity index (χ3v) is 3.83. The quantitative estimate of drug-likeness (QED) is 0.677. The van der Waals surface area contributed by atoms with E-state index in [1.54, 1.807) is 7.11 Å². The minimum atomic E-state index is 0.721. The van der Waals surface area contributed by atoms with Crippen molar-refractivity contribution < 1.29 is 9.47 Å². The van der Waals surface area contributed by atoms with Crippen molar-refractivity contribution in [2.45, 2.75) is 19.9 Å². The highest BCUT2D eigenvalue weighted by Gasteiger charge is 2.09. The molecule has 22 heavy (non-hydrogen) atoms. The molecule has 0 bridgehead atoms. The summed E-state index contributed by atoms with van der Waals surface area (Å²) in [7, 11) is 1.69. The summed E-state index contributed by atoms with van der Waals surface area (Å²) in [4.78, 5) is 2.49. The fraction of sp³-hybridized carbons (Fsp3) is 0.647. The van der Waals surface area contributed by atoms with Gasteiger partial charge in [-0.05, 0) is 24.1 Å². The molecule has 1 aromatic rings. The van der Waals surface area contributed by atoms with Crippen LogP contribution in [0.15, 0.2) is 18.2 Å². The van der Waals surface area contributed by atoms with Crippen LogP contribution in [0, 0.1) is 0 Å². The average molecular weight is 307 g/mol. The van der Waals surface area contributed by atoms with Gasteiger partial charge in [-0.1, -0.05) is 13.0 Å². The van der Waals surface area contributed by atoms with E-state index in [4.69, 9.17) is 9.47 Å². The number of rotatable bonds is 9. The highest BCUT2D eigenvalue weighted by Crippen LogP contribution is 2.28. The van der Waals surface area contributed by atoms with Crippen LogP contribution < -0.4 is 20.1 Å². The van der Waals surface area contributed by atoms with Gasteiger partial charge in [-0.2, -0.15) is 0 Å². The molecule has 124 valence electrons. The van der Waals surface area contributed by atoms with E-state index in [-0.39, 0.29) is 0 Å². The Bertz CT molecular complexity index is 434. The van der Waals surface area contributed by atoms with E-state index >= 15 is 0 Å². The number of methoxy groups -OCH3 is 1. The Hall–Kier alpha value is -1.30. The molecule has 0 aromatic heterocycles. The number of nitrogens with one attached hydrogen (secondary N) is 2. The molecule has 5 nitrogen and oxygen atoms in total. The second-order valence-corrected chi connectivity index (χ2v) is 5.60. The summed E-state index contributed by atoms with van der Waals surface area (Å²) in [6.45, 7) is 10.3. The summed E-state index contributed by atoms with van der Waals surface area (Å²) >= 11 is 0. The second-order valence-electron chi connectivity index (χ2n) is 5.60. The van der Waals surface area contributed by atoms with Gasteiger partial charge in [-0.15, -0.1) is 0 Å². The lowest BCUT2D eigenvalue weighted by Gasteiger charge is -2.27. The smallest absolute Gasteiger partial charge is 0.161 e. The third kappa shape index (κ3) is 5.48. The molecule has 1 aromatic carbocycles. The van der Waals surface area contributed by atoms with Crippen LogP contribution in [0.1, 0.15) is 18.9 Å². The van der Waals surface area contributed by atoms with Crippen molar-refractivity contribution in [2.24, 2.45) is 0 Å². The van der Waals surface area contributed by atoms with Crippen LogP contribution in [0.3, 0.4) is 0 Å². The van der Waals surface area contributed by atoms with E-state index in [1.807, 2.05) is 6.07 Å². The monoisotopic (exact) mass is 307 g/mol. The Morgan fingerprint density at radius 3 is 2.77 bits per heavy atom. The van der Waals surface area contributed by atoms with Crippen molar-refractivity contribution >= 4 is 0 Å². The van der Waals surface area contributed by atoms with Gasteiger partial charge >= 0.3 is 0 Å². The molecule has 0 radical (unpaired) electrons. The van der Waals surface area contributed by atoms with E-state index in [0.29, 0.717) is 0 Å². The first kappa shape index (κ1) is 17.1. The van der Waals surface area contributed by atoms with Crippen LogP contribution in [0.5, 0.6) is 11.5 Å². The molecule has 0 aliphatic carbocycles. The lowest BCUT2D eigenvalue weighted by Crippen LogP contribution is -2.45. The lowest BCUT2D eigenvalue weighted by molar-refractivity contribution is 0.241. The molecule has 1 saturated heterocycles. The molecule has 2 rings (SSSR count). The van der Waals surface area contributed by atoms with Gasteiger partial charge in [0.05, 0.1) is 13.7 Å². The zero-order valence-electron chi connectivity index (χ0n) is 13.9. The predicted molar refractivity (Wildman–Crippen MR) is 89.8 cm³/mol. The van der Waals surface area contributed by atoms with Crippen LogP contribution in [0.2, 0.25) is 0 Å². The minimum absolute atomic E-state index is 0.721. The van der Waals surface area contributed by atoms with E-state index in [1.165, 1.54) is 5.56 Å². The molecule has 0 atom stereocenters. The van der Waals surface area contributed by atoms with E-state index < -0.39 is 0 Å². The van der Waals surface area contributed by atoms with Gasteiger partial charge in [0.2, 0.25) is 0 Å². The molecule has 0 saturated carbocycles. The molecule has 1 heterocycles. The first-order valence-electron chi connectivity index (χ1n) is 8.27. The van der Waals surface area contributed by atoms with Crippen LogP contribution in [0.25, 0.3) is 0 Å².